The molecule has 0 aromatic heterocycles. The van der Waals surface area contributed by atoms with Gasteiger partial charge in [-0.1, -0.05) is 0 Å². The summed E-state index contributed by atoms with van der Waals surface area (Å²) in [5.74, 6) is -1.95. The van der Waals surface area contributed by atoms with Crippen LogP contribution in [0.1, 0.15) is 6.92 Å². The van der Waals surface area contributed by atoms with Crippen molar-refractivity contribution < 1.29 is 65.0 Å². The second-order valence-corrected chi connectivity index (χ2v) is 7.92. The lowest BCUT2D eigenvalue weighted by Crippen LogP contribution is -2.59. The standard InChI is InChI=1S/C19H37NO13/c1-9(23)19(30)32-3-2-20-4-11(24)15(26)10(12(25)5-21)7-31-8-14-17(28)18(29)16(27)13(6-22)33-14/h9-18,20-29H,2-8H2,1H3/t9?,10-,11?,12?,13?,14-,15-,16+,17?,18-/m1/s1. The van der Waals surface area contributed by atoms with E-state index in [9.17, 15) is 45.6 Å². The van der Waals surface area contributed by atoms with Crippen molar-refractivity contribution in [1.29, 1.82) is 0 Å². The highest BCUT2D eigenvalue weighted by atomic mass is 16.6. The SMILES string of the molecule is CC(O)C(=O)OCCNCC(O)[C@H](O)[C@H](COC[C@H]1OC(CO)[C@H](O)[C@@H](O)C1O)C(O)CO. The fraction of sp³-hybridized carbons (Fsp3) is 0.947. The van der Waals surface area contributed by atoms with Crippen LogP contribution < -0.4 is 5.32 Å². The second kappa shape index (κ2) is 15.1. The molecule has 196 valence electrons. The molecule has 10 atom stereocenters. The van der Waals surface area contributed by atoms with E-state index < -0.39 is 80.0 Å². The maximum atomic E-state index is 11.1. The zero-order chi connectivity index (χ0) is 25.1. The zero-order valence-corrected chi connectivity index (χ0v) is 18.4. The summed E-state index contributed by atoms with van der Waals surface area (Å²) in [6, 6.07) is 0. The van der Waals surface area contributed by atoms with Crippen LogP contribution in [-0.4, -0.2) is 153 Å². The number of hydrogen-bond donors (Lipinski definition) is 10. The van der Waals surface area contributed by atoms with Crippen LogP contribution in [0.3, 0.4) is 0 Å². The Morgan fingerprint density at radius 2 is 1.64 bits per heavy atom. The molecule has 10 N–H and O–H groups in total. The van der Waals surface area contributed by atoms with E-state index >= 15 is 0 Å². The van der Waals surface area contributed by atoms with Crippen molar-refractivity contribution in [2.24, 2.45) is 5.92 Å². The van der Waals surface area contributed by atoms with Gasteiger partial charge in [0.1, 0.15) is 43.2 Å². The van der Waals surface area contributed by atoms with Crippen LogP contribution in [0, 0.1) is 5.92 Å². The van der Waals surface area contributed by atoms with Gasteiger partial charge in [0.15, 0.2) is 0 Å². The monoisotopic (exact) mass is 487 g/mol. The van der Waals surface area contributed by atoms with Crippen LogP contribution in [0.25, 0.3) is 0 Å². The molecule has 1 aliphatic heterocycles. The van der Waals surface area contributed by atoms with Gasteiger partial charge in [0.25, 0.3) is 0 Å². The molecule has 14 heteroatoms. The van der Waals surface area contributed by atoms with Crippen LogP contribution in [0.2, 0.25) is 0 Å². The fourth-order valence-corrected chi connectivity index (χ4v) is 3.21. The molecular weight excluding hydrogens is 450 g/mol. The van der Waals surface area contributed by atoms with Crippen molar-refractivity contribution in [2.45, 2.75) is 61.9 Å². The third kappa shape index (κ3) is 9.28. The number of esters is 1. The van der Waals surface area contributed by atoms with E-state index in [1.165, 1.54) is 6.92 Å². The molecule has 0 aromatic carbocycles. The smallest absolute Gasteiger partial charge is 0.334 e. The molecule has 0 radical (unpaired) electrons. The van der Waals surface area contributed by atoms with E-state index in [-0.39, 0.29) is 32.9 Å². The molecule has 5 unspecified atom stereocenters. The second-order valence-electron chi connectivity index (χ2n) is 7.92. The summed E-state index contributed by atoms with van der Waals surface area (Å²) in [5.41, 5.74) is 0. The highest BCUT2D eigenvalue weighted by Gasteiger charge is 2.43. The van der Waals surface area contributed by atoms with Crippen molar-refractivity contribution in [3.63, 3.8) is 0 Å². The molecule has 1 saturated heterocycles. The molecule has 14 nitrogen and oxygen atoms in total. The summed E-state index contributed by atoms with van der Waals surface area (Å²) in [6.07, 6.45) is -12.5. The van der Waals surface area contributed by atoms with Crippen molar-refractivity contribution in [2.75, 3.05) is 46.1 Å². The Kier molecular flexibility index (Phi) is 13.7. The van der Waals surface area contributed by atoms with Crippen LogP contribution in [-0.2, 0) is 19.0 Å². The maximum Gasteiger partial charge on any atom is 0.334 e. The number of ether oxygens (including phenoxy) is 3. The van der Waals surface area contributed by atoms with E-state index in [4.69, 9.17) is 19.3 Å². The normalized spacial score (nSPS) is 30.3. The zero-order valence-electron chi connectivity index (χ0n) is 18.4. The summed E-state index contributed by atoms with van der Waals surface area (Å²) in [6.45, 7) is -0.936. The summed E-state index contributed by atoms with van der Waals surface area (Å²) >= 11 is 0. The van der Waals surface area contributed by atoms with Crippen molar-refractivity contribution in [1.82, 2.24) is 5.32 Å². The highest BCUT2D eigenvalue weighted by molar-refractivity contribution is 5.73. The Morgan fingerprint density at radius 3 is 2.21 bits per heavy atom. The summed E-state index contributed by atoms with van der Waals surface area (Å²) in [7, 11) is 0. The van der Waals surface area contributed by atoms with Crippen LogP contribution >= 0.6 is 0 Å². The van der Waals surface area contributed by atoms with Gasteiger partial charge in [0, 0.05) is 19.0 Å². The Bertz CT molecular complexity index is 552. The lowest BCUT2D eigenvalue weighted by atomic mass is 9.92. The largest absolute Gasteiger partial charge is 0.462 e. The number of carbonyl (C=O) groups excluding carboxylic acids is 1. The first-order valence-electron chi connectivity index (χ1n) is 10.6. The lowest BCUT2D eigenvalue weighted by Gasteiger charge is -2.40. The minimum Gasteiger partial charge on any atom is -0.462 e. The van der Waals surface area contributed by atoms with Gasteiger partial charge >= 0.3 is 5.97 Å². The Hall–Kier alpha value is -1.01. The molecular formula is C19H37NO13. The number of hydrogen-bond acceptors (Lipinski definition) is 14. The number of aliphatic hydroxyl groups is 9. The fourth-order valence-electron chi connectivity index (χ4n) is 3.21. The van der Waals surface area contributed by atoms with E-state index in [0.29, 0.717) is 0 Å². The van der Waals surface area contributed by atoms with Gasteiger partial charge in [-0.05, 0) is 6.92 Å². The highest BCUT2D eigenvalue weighted by Crippen LogP contribution is 2.22. The number of carbonyl (C=O) groups is 1. The maximum absolute atomic E-state index is 11.1. The van der Waals surface area contributed by atoms with E-state index in [2.05, 4.69) is 5.32 Å². The first-order chi connectivity index (χ1) is 15.5. The molecule has 1 rings (SSSR count). The average molecular weight is 487 g/mol. The van der Waals surface area contributed by atoms with Crippen LogP contribution in [0.4, 0.5) is 0 Å². The van der Waals surface area contributed by atoms with Gasteiger partial charge in [0.05, 0.1) is 44.7 Å². The molecule has 0 bridgehead atoms. The van der Waals surface area contributed by atoms with Gasteiger partial charge in [0.2, 0.25) is 0 Å². The lowest BCUT2D eigenvalue weighted by molar-refractivity contribution is -0.240. The van der Waals surface area contributed by atoms with Gasteiger partial charge in [-0.15, -0.1) is 0 Å². The quantitative estimate of drug-likeness (QED) is 0.0764. The summed E-state index contributed by atoms with van der Waals surface area (Å²) in [5, 5.41) is 90.4. The number of rotatable bonds is 15. The predicted octanol–water partition coefficient (Wildman–Crippen LogP) is -5.95. The molecule has 0 aromatic rings. The Balaban J connectivity index is 2.52. The van der Waals surface area contributed by atoms with Gasteiger partial charge in [-0.3, -0.25) is 0 Å². The van der Waals surface area contributed by atoms with Crippen molar-refractivity contribution in [3.05, 3.63) is 0 Å². The molecule has 0 amide bonds. The van der Waals surface area contributed by atoms with Crippen LogP contribution in [0.5, 0.6) is 0 Å². The molecule has 1 fully saturated rings. The van der Waals surface area contributed by atoms with E-state index in [1.807, 2.05) is 0 Å². The predicted molar refractivity (Wildman–Crippen MR) is 109 cm³/mol. The molecule has 1 aliphatic rings. The number of nitrogens with one attached hydrogen (secondary N) is 1. The Morgan fingerprint density at radius 1 is 1.00 bits per heavy atom. The first kappa shape index (κ1) is 30.0. The number of aliphatic hydroxyl groups excluding tert-OH is 9. The molecule has 0 spiro atoms. The summed E-state index contributed by atoms with van der Waals surface area (Å²) < 4.78 is 15.4. The van der Waals surface area contributed by atoms with Crippen molar-refractivity contribution >= 4 is 5.97 Å². The van der Waals surface area contributed by atoms with Crippen molar-refractivity contribution in [3.8, 4) is 0 Å². The Labute approximate surface area is 191 Å². The van der Waals surface area contributed by atoms with E-state index in [1.54, 1.807) is 0 Å². The third-order valence-corrected chi connectivity index (χ3v) is 5.32. The van der Waals surface area contributed by atoms with Crippen LogP contribution in [0.15, 0.2) is 0 Å². The van der Waals surface area contributed by atoms with E-state index in [0.717, 1.165) is 0 Å². The van der Waals surface area contributed by atoms with Gasteiger partial charge < -0.3 is 65.5 Å². The summed E-state index contributed by atoms with van der Waals surface area (Å²) in [4.78, 5) is 11.1. The van der Waals surface area contributed by atoms with Gasteiger partial charge in [-0.2, -0.15) is 0 Å². The van der Waals surface area contributed by atoms with Gasteiger partial charge in [-0.25, -0.2) is 4.79 Å². The average Bonchev–Trinajstić information content (AvgIpc) is 2.80. The molecule has 33 heavy (non-hydrogen) atoms. The molecule has 0 saturated carbocycles. The third-order valence-electron chi connectivity index (χ3n) is 5.32. The molecule has 1 heterocycles. The molecule has 0 aliphatic carbocycles. The first-order valence-corrected chi connectivity index (χ1v) is 10.6. The minimum atomic E-state index is -1.58. The topological polar surface area (TPSA) is 239 Å². The minimum absolute atomic E-state index is 0.0859.